The summed E-state index contributed by atoms with van der Waals surface area (Å²) in [5, 5.41) is 3.76. The van der Waals surface area contributed by atoms with Crippen molar-refractivity contribution in [2.24, 2.45) is 5.92 Å². The van der Waals surface area contributed by atoms with Gasteiger partial charge in [-0.15, -0.1) is 0 Å². The number of hydrogen-bond donors (Lipinski definition) is 1. The lowest BCUT2D eigenvalue weighted by Gasteiger charge is -2.34. The minimum atomic E-state index is 0.679. The molecule has 2 aliphatic heterocycles. The molecule has 4 nitrogen and oxygen atoms in total. The van der Waals surface area contributed by atoms with E-state index < -0.39 is 0 Å². The van der Waals surface area contributed by atoms with E-state index in [0.717, 1.165) is 44.6 Å². The Kier molecular flexibility index (Phi) is 4.87. The van der Waals surface area contributed by atoms with Gasteiger partial charge in [0.25, 0.3) is 0 Å². The van der Waals surface area contributed by atoms with Crippen LogP contribution in [0, 0.1) is 5.92 Å². The quantitative estimate of drug-likeness (QED) is 0.913. The summed E-state index contributed by atoms with van der Waals surface area (Å²) >= 11 is 0. The first-order valence-corrected chi connectivity index (χ1v) is 7.89. The average molecular weight is 275 g/mol. The Hall–Kier alpha value is -1.13. The van der Waals surface area contributed by atoms with Crippen molar-refractivity contribution in [3.63, 3.8) is 0 Å². The monoisotopic (exact) mass is 275 g/mol. The first-order valence-electron chi connectivity index (χ1n) is 7.89. The fourth-order valence-electron chi connectivity index (χ4n) is 3.14. The van der Waals surface area contributed by atoms with Crippen molar-refractivity contribution in [1.29, 1.82) is 0 Å². The molecule has 20 heavy (non-hydrogen) atoms. The zero-order chi connectivity index (χ0) is 13.6. The highest BCUT2D eigenvalue weighted by Gasteiger charge is 2.21. The first kappa shape index (κ1) is 13.8. The van der Waals surface area contributed by atoms with E-state index in [-0.39, 0.29) is 0 Å². The summed E-state index contributed by atoms with van der Waals surface area (Å²) in [5.74, 6) is 1.94. The van der Waals surface area contributed by atoms with Gasteiger partial charge in [0.1, 0.15) is 5.82 Å². The maximum atomic E-state index is 5.41. The van der Waals surface area contributed by atoms with Gasteiger partial charge in [0, 0.05) is 38.5 Å². The number of pyridine rings is 1. The lowest BCUT2D eigenvalue weighted by atomic mass is 9.98. The normalized spacial score (nSPS) is 22.1. The van der Waals surface area contributed by atoms with Crippen LogP contribution in [0.15, 0.2) is 24.4 Å². The molecule has 0 radical (unpaired) electrons. The largest absolute Gasteiger partial charge is 0.381 e. The molecule has 0 spiro atoms. The van der Waals surface area contributed by atoms with E-state index in [0.29, 0.717) is 6.04 Å². The van der Waals surface area contributed by atoms with Crippen molar-refractivity contribution in [1.82, 2.24) is 10.3 Å². The number of nitrogens with zero attached hydrogens (tertiary/aromatic N) is 2. The summed E-state index contributed by atoms with van der Waals surface area (Å²) in [6.45, 7) is 5.29. The number of ether oxygens (including phenoxy) is 1. The van der Waals surface area contributed by atoms with Crippen LogP contribution in [-0.4, -0.2) is 43.9 Å². The molecule has 2 aliphatic rings. The van der Waals surface area contributed by atoms with Gasteiger partial charge < -0.3 is 15.0 Å². The van der Waals surface area contributed by atoms with E-state index in [9.17, 15) is 0 Å². The predicted molar refractivity (Wildman–Crippen MR) is 81.0 cm³/mol. The predicted octanol–water partition coefficient (Wildman–Crippen LogP) is 2.07. The molecule has 0 bridgehead atoms. The smallest absolute Gasteiger partial charge is 0.128 e. The molecule has 0 aliphatic carbocycles. The zero-order valence-electron chi connectivity index (χ0n) is 12.1. The molecule has 2 saturated heterocycles. The van der Waals surface area contributed by atoms with E-state index >= 15 is 0 Å². The number of piperidine rings is 1. The van der Waals surface area contributed by atoms with Crippen LogP contribution in [0.3, 0.4) is 0 Å². The molecule has 0 saturated carbocycles. The lowest BCUT2D eigenvalue weighted by Crippen LogP contribution is -2.44. The van der Waals surface area contributed by atoms with Gasteiger partial charge in [0.2, 0.25) is 0 Å². The molecule has 110 valence electrons. The third-order valence-electron chi connectivity index (χ3n) is 4.50. The Balaban J connectivity index is 1.40. The molecule has 0 aromatic carbocycles. The number of nitrogens with one attached hydrogen (secondary N) is 1. The van der Waals surface area contributed by atoms with Gasteiger partial charge in [-0.05, 0) is 50.3 Å². The molecule has 1 aromatic rings. The van der Waals surface area contributed by atoms with Gasteiger partial charge in [0.05, 0.1) is 0 Å². The summed E-state index contributed by atoms with van der Waals surface area (Å²) < 4.78 is 5.41. The Morgan fingerprint density at radius 3 is 2.65 bits per heavy atom. The topological polar surface area (TPSA) is 37.4 Å². The third kappa shape index (κ3) is 3.70. The minimum absolute atomic E-state index is 0.679. The Morgan fingerprint density at radius 1 is 1.15 bits per heavy atom. The lowest BCUT2D eigenvalue weighted by molar-refractivity contribution is 0.0651. The van der Waals surface area contributed by atoms with E-state index in [4.69, 9.17) is 4.74 Å². The first-order chi connectivity index (χ1) is 9.92. The molecule has 1 N–H and O–H groups in total. The summed E-state index contributed by atoms with van der Waals surface area (Å²) in [7, 11) is 0. The van der Waals surface area contributed by atoms with Gasteiger partial charge in [-0.3, -0.25) is 0 Å². The number of hydrogen-bond acceptors (Lipinski definition) is 4. The van der Waals surface area contributed by atoms with Gasteiger partial charge in [0.15, 0.2) is 0 Å². The maximum Gasteiger partial charge on any atom is 0.128 e. The van der Waals surface area contributed by atoms with Crippen molar-refractivity contribution < 1.29 is 4.74 Å². The second kappa shape index (κ2) is 7.04. The fourth-order valence-corrected chi connectivity index (χ4v) is 3.14. The molecule has 2 fully saturated rings. The molecular weight excluding hydrogens is 250 g/mol. The highest BCUT2D eigenvalue weighted by atomic mass is 16.5. The van der Waals surface area contributed by atoms with Crippen LogP contribution in [-0.2, 0) is 4.74 Å². The van der Waals surface area contributed by atoms with Crippen molar-refractivity contribution in [2.75, 3.05) is 37.7 Å². The van der Waals surface area contributed by atoms with Crippen molar-refractivity contribution >= 4 is 5.82 Å². The highest BCUT2D eigenvalue weighted by Crippen LogP contribution is 2.18. The molecule has 3 rings (SSSR count). The van der Waals surface area contributed by atoms with Crippen LogP contribution >= 0.6 is 0 Å². The minimum Gasteiger partial charge on any atom is -0.381 e. The molecule has 3 heterocycles. The Morgan fingerprint density at radius 2 is 1.95 bits per heavy atom. The van der Waals surface area contributed by atoms with Crippen LogP contribution in [0.5, 0.6) is 0 Å². The Labute approximate surface area is 121 Å². The fraction of sp³-hybridized carbons (Fsp3) is 0.688. The van der Waals surface area contributed by atoms with Crippen LogP contribution in [0.1, 0.15) is 25.7 Å². The second-order valence-corrected chi connectivity index (χ2v) is 5.91. The van der Waals surface area contributed by atoms with E-state index in [1.807, 2.05) is 12.3 Å². The van der Waals surface area contributed by atoms with Crippen molar-refractivity contribution in [3.05, 3.63) is 24.4 Å². The van der Waals surface area contributed by atoms with Crippen molar-refractivity contribution in [3.8, 4) is 0 Å². The van der Waals surface area contributed by atoms with E-state index in [2.05, 4.69) is 27.3 Å². The number of anilines is 1. The van der Waals surface area contributed by atoms with Crippen LogP contribution in [0.4, 0.5) is 5.82 Å². The van der Waals surface area contributed by atoms with Gasteiger partial charge in [-0.25, -0.2) is 4.98 Å². The van der Waals surface area contributed by atoms with Gasteiger partial charge >= 0.3 is 0 Å². The standard InChI is InChI=1S/C16H25N3O/c1-2-8-17-16(3-1)19-9-4-15(5-10-19)18-13-14-6-11-20-12-7-14/h1-3,8,14-15,18H,4-7,9-13H2. The van der Waals surface area contributed by atoms with Gasteiger partial charge in [-0.2, -0.15) is 0 Å². The van der Waals surface area contributed by atoms with E-state index in [1.54, 1.807) is 0 Å². The SMILES string of the molecule is c1ccc(N2CCC(NCC3CCOCC3)CC2)nc1. The summed E-state index contributed by atoms with van der Waals surface area (Å²) in [4.78, 5) is 6.83. The third-order valence-corrected chi connectivity index (χ3v) is 4.50. The van der Waals surface area contributed by atoms with Crippen LogP contribution in [0.25, 0.3) is 0 Å². The summed E-state index contributed by atoms with van der Waals surface area (Å²) in [6.07, 6.45) is 6.77. The van der Waals surface area contributed by atoms with Crippen LogP contribution < -0.4 is 10.2 Å². The molecule has 1 aromatic heterocycles. The average Bonchev–Trinajstić information content (AvgIpc) is 2.55. The molecule has 0 amide bonds. The molecule has 0 unspecified atom stereocenters. The number of aromatic nitrogens is 1. The Bertz CT molecular complexity index is 384. The molecular formula is C16H25N3O. The van der Waals surface area contributed by atoms with Crippen LogP contribution in [0.2, 0.25) is 0 Å². The highest BCUT2D eigenvalue weighted by molar-refractivity contribution is 5.38. The van der Waals surface area contributed by atoms with E-state index in [1.165, 1.54) is 25.7 Å². The summed E-state index contributed by atoms with van der Waals surface area (Å²) in [6, 6.07) is 6.83. The molecule has 4 heteroatoms. The van der Waals surface area contributed by atoms with Crippen molar-refractivity contribution in [2.45, 2.75) is 31.7 Å². The maximum absolute atomic E-state index is 5.41. The second-order valence-electron chi connectivity index (χ2n) is 5.91. The molecule has 0 atom stereocenters. The number of rotatable bonds is 4. The summed E-state index contributed by atoms with van der Waals surface area (Å²) in [5.41, 5.74) is 0. The van der Waals surface area contributed by atoms with Gasteiger partial charge in [-0.1, -0.05) is 6.07 Å². The zero-order valence-corrected chi connectivity index (χ0v) is 12.1.